The number of ether oxygens (including phenoxy) is 1. The number of halogens is 2. The van der Waals surface area contributed by atoms with Gasteiger partial charge in [0.05, 0.1) is 23.7 Å². The smallest absolute Gasteiger partial charge is 0.241 e. The van der Waals surface area contributed by atoms with E-state index in [1.165, 1.54) is 6.20 Å². The van der Waals surface area contributed by atoms with Crippen LogP contribution >= 0.6 is 24.8 Å². The third-order valence-corrected chi connectivity index (χ3v) is 4.08. The quantitative estimate of drug-likeness (QED) is 0.709. The first-order chi connectivity index (χ1) is 11.3. The Morgan fingerprint density at radius 1 is 1.19 bits per heavy atom. The zero-order valence-electron chi connectivity index (χ0n) is 14.0. The predicted octanol–water partition coefficient (Wildman–Crippen LogP) is 2.42. The topological polar surface area (TPSA) is 111 Å². The molecule has 1 heterocycles. The van der Waals surface area contributed by atoms with Gasteiger partial charge in [0, 0.05) is 12.3 Å². The Kier molecular flexibility index (Phi) is 10.2. The maximum Gasteiger partial charge on any atom is 0.241 e. The molecule has 1 unspecified atom stereocenters. The average molecular weight is 422 g/mol. The van der Waals surface area contributed by atoms with E-state index in [2.05, 4.69) is 10.3 Å². The lowest BCUT2D eigenvalue weighted by Gasteiger charge is -2.12. The maximum absolute atomic E-state index is 11.9. The van der Waals surface area contributed by atoms with Crippen molar-refractivity contribution in [3.05, 3.63) is 48.7 Å². The minimum atomic E-state index is -3.15. The molecule has 10 heteroatoms. The highest BCUT2D eigenvalue weighted by Gasteiger charge is 2.16. The molecule has 1 aromatic heterocycles. The van der Waals surface area contributed by atoms with Crippen molar-refractivity contribution in [3.8, 4) is 11.6 Å². The lowest BCUT2D eigenvalue weighted by atomic mass is 10.2. The van der Waals surface area contributed by atoms with Crippen LogP contribution in [0.15, 0.2) is 48.7 Å². The summed E-state index contributed by atoms with van der Waals surface area (Å²) in [5.74, 6) is 0.450. The lowest BCUT2D eigenvalue weighted by Crippen LogP contribution is -2.37. The Morgan fingerprint density at radius 2 is 1.85 bits per heavy atom. The van der Waals surface area contributed by atoms with Crippen LogP contribution in [-0.2, 0) is 14.6 Å². The summed E-state index contributed by atoms with van der Waals surface area (Å²) in [7, 11) is -3.15. The van der Waals surface area contributed by atoms with Crippen molar-refractivity contribution in [2.45, 2.75) is 12.5 Å². The van der Waals surface area contributed by atoms with Gasteiger partial charge >= 0.3 is 0 Å². The van der Waals surface area contributed by atoms with Gasteiger partial charge in [0.15, 0.2) is 0 Å². The van der Waals surface area contributed by atoms with Crippen LogP contribution < -0.4 is 15.8 Å². The molecule has 7 nitrogen and oxygen atoms in total. The van der Waals surface area contributed by atoms with Crippen molar-refractivity contribution in [2.24, 2.45) is 5.73 Å². The largest absolute Gasteiger partial charge is 0.439 e. The number of benzene rings is 1. The predicted molar refractivity (Wildman–Crippen MR) is 106 cm³/mol. The van der Waals surface area contributed by atoms with E-state index in [0.717, 1.165) is 6.26 Å². The van der Waals surface area contributed by atoms with Gasteiger partial charge in [-0.1, -0.05) is 18.2 Å². The number of para-hydroxylation sites is 1. The molecule has 0 bridgehead atoms. The van der Waals surface area contributed by atoms with Crippen LogP contribution in [0.5, 0.6) is 11.6 Å². The Bertz CT molecular complexity index is 787. The normalized spacial score (nSPS) is 11.5. The number of rotatable bonds is 7. The molecule has 26 heavy (non-hydrogen) atoms. The molecule has 0 aliphatic carbocycles. The Labute approximate surface area is 165 Å². The summed E-state index contributed by atoms with van der Waals surface area (Å²) in [6.45, 7) is 0. The molecule has 3 N–H and O–H groups in total. The number of hydrogen-bond acceptors (Lipinski definition) is 6. The van der Waals surface area contributed by atoms with E-state index < -0.39 is 21.8 Å². The highest BCUT2D eigenvalue weighted by molar-refractivity contribution is 7.90. The Morgan fingerprint density at radius 3 is 2.38 bits per heavy atom. The molecule has 0 aliphatic heterocycles. The number of sulfone groups is 1. The van der Waals surface area contributed by atoms with Crippen LogP contribution in [-0.4, -0.2) is 37.4 Å². The summed E-state index contributed by atoms with van der Waals surface area (Å²) in [5.41, 5.74) is 6.14. The molecule has 0 saturated heterocycles. The van der Waals surface area contributed by atoms with Crippen molar-refractivity contribution in [1.29, 1.82) is 0 Å². The fraction of sp³-hybridized carbons (Fsp3) is 0.250. The summed E-state index contributed by atoms with van der Waals surface area (Å²) in [6, 6.07) is 11.5. The molecule has 0 radical (unpaired) electrons. The van der Waals surface area contributed by atoms with Crippen LogP contribution in [0.1, 0.15) is 6.42 Å². The van der Waals surface area contributed by atoms with Crippen LogP contribution in [0, 0.1) is 0 Å². The molecule has 1 atom stereocenters. The van der Waals surface area contributed by atoms with Crippen molar-refractivity contribution in [1.82, 2.24) is 4.98 Å². The standard InChI is InChI=1S/C16H19N3O4S.2ClH/c1-24(21,22)10-9-14(17)16(20)19-12-7-8-15(18-11-12)23-13-5-3-2-4-6-13;;/h2-8,11,14H,9-10,17H2,1H3,(H,19,20);2*1H. The van der Waals surface area contributed by atoms with Gasteiger partial charge in [0.2, 0.25) is 11.8 Å². The van der Waals surface area contributed by atoms with Gasteiger partial charge in [-0.15, -0.1) is 24.8 Å². The molecule has 0 saturated carbocycles. The number of nitrogens with zero attached hydrogens (tertiary/aromatic N) is 1. The number of hydrogen-bond donors (Lipinski definition) is 2. The highest BCUT2D eigenvalue weighted by Crippen LogP contribution is 2.19. The van der Waals surface area contributed by atoms with Gasteiger partial charge in [-0.25, -0.2) is 13.4 Å². The van der Waals surface area contributed by atoms with Gasteiger partial charge in [-0.05, 0) is 24.6 Å². The Balaban J connectivity index is 0.00000312. The van der Waals surface area contributed by atoms with E-state index in [0.29, 0.717) is 17.3 Å². The Hall–Kier alpha value is -1.87. The maximum atomic E-state index is 11.9. The first kappa shape index (κ1) is 24.1. The van der Waals surface area contributed by atoms with E-state index in [-0.39, 0.29) is 37.0 Å². The van der Waals surface area contributed by atoms with Gasteiger partial charge in [0.1, 0.15) is 15.6 Å². The fourth-order valence-corrected chi connectivity index (χ4v) is 2.51. The molecule has 0 fully saturated rings. The summed E-state index contributed by atoms with van der Waals surface area (Å²) in [4.78, 5) is 16.0. The highest BCUT2D eigenvalue weighted by atomic mass is 35.5. The molecule has 2 aromatic rings. The van der Waals surface area contributed by atoms with Gasteiger partial charge in [0.25, 0.3) is 0 Å². The lowest BCUT2D eigenvalue weighted by molar-refractivity contribution is -0.117. The monoisotopic (exact) mass is 421 g/mol. The number of nitrogens with two attached hydrogens (primary N) is 1. The van der Waals surface area contributed by atoms with Crippen LogP contribution in [0.3, 0.4) is 0 Å². The SMILES string of the molecule is CS(=O)(=O)CCC(N)C(=O)Nc1ccc(Oc2ccccc2)nc1.Cl.Cl. The van der Waals surface area contributed by atoms with E-state index in [1.807, 2.05) is 18.2 Å². The second-order valence-corrected chi connectivity index (χ2v) is 7.57. The number of anilines is 1. The van der Waals surface area contributed by atoms with Crippen LogP contribution in [0.2, 0.25) is 0 Å². The number of carbonyl (C=O) groups is 1. The van der Waals surface area contributed by atoms with Crippen molar-refractivity contribution in [3.63, 3.8) is 0 Å². The summed E-state index contributed by atoms with van der Waals surface area (Å²) in [6.07, 6.45) is 2.61. The molecule has 1 aromatic carbocycles. The van der Waals surface area contributed by atoms with E-state index in [4.69, 9.17) is 10.5 Å². The average Bonchev–Trinajstić information content (AvgIpc) is 2.54. The molecule has 1 amide bonds. The van der Waals surface area contributed by atoms with Crippen LogP contribution in [0.25, 0.3) is 0 Å². The number of pyridine rings is 1. The minimum Gasteiger partial charge on any atom is -0.439 e. The second kappa shape index (κ2) is 11.0. The summed E-state index contributed by atoms with van der Waals surface area (Å²) >= 11 is 0. The van der Waals surface area contributed by atoms with Crippen molar-refractivity contribution >= 4 is 46.2 Å². The summed E-state index contributed by atoms with van der Waals surface area (Å²) in [5, 5.41) is 2.59. The van der Waals surface area contributed by atoms with Crippen molar-refractivity contribution in [2.75, 3.05) is 17.3 Å². The summed E-state index contributed by atoms with van der Waals surface area (Å²) < 4.78 is 27.7. The second-order valence-electron chi connectivity index (χ2n) is 5.31. The number of nitrogens with one attached hydrogen (secondary N) is 1. The fourth-order valence-electron chi connectivity index (χ4n) is 1.83. The minimum absolute atomic E-state index is 0. The van der Waals surface area contributed by atoms with Crippen molar-refractivity contribution < 1.29 is 17.9 Å². The van der Waals surface area contributed by atoms with Gasteiger partial charge in [-0.3, -0.25) is 4.79 Å². The van der Waals surface area contributed by atoms with Crippen LogP contribution in [0.4, 0.5) is 5.69 Å². The number of amides is 1. The van der Waals surface area contributed by atoms with Gasteiger partial charge in [-0.2, -0.15) is 0 Å². The molecule has 0 aliphatic rings. The number of carbonyl (C=O) groups excluding carboxylic acids is 1. The third-order valence-electron chi connectivity index (χ3n) is 3.11. The van der Waals surface area contributed by atoms with E-state index in [9.17, 15) is 13.2 Å². The van der Waals surface area contributed by atoms with Gasteiger partial charge < -0.3 is 15.8 Å². The number of aromatic nitrogens is 1. The molecule has 144 valence electrons. The molecule has 2 rings (SSSR count). The first-order valence-corrected chi connectivity index (χ1v) is 9.33. The zero-order chi connectivity index (χ0) is 17.6. The molecular weight excluding hydrogens is 401 g/mol. The molecule has 0 spiro atoms. The third kappa shape index (κ3) is 8.48. The first-order valence-electron chi connectivity index (χ1n) is 7.26. The zero-order valence-corrected chi connectivity index (χ0v) is 16.4. The van der Waals surface area contributed by atoms with E-state index >= 15 is 0 Å². The molecular formula is C16H21Cl2N3O4S. The van der Waals surface area contributed by atoms with E-state index in [1.54, 1.807) is 24.3 Å².